The predicted molar refractivity (Wildman–Crippen MR) is 176 cm³/mol. The van der Waals surface area contributed by atoms with Crippen LogP contribution in [0.4, 0.5) is 0 Å². The number of aromatic nitrogens is 1. The monoisotopic (exact) mass is 614 g/mol. The third-order valence-corrected chi connectivity index (χ3v) is 7.26. The highest BCUT2D eigenvalue weighted by molar-refractivity contribution is 5.92. The van der Waals surface area contributed by atoms with Gasteiger partial charge >= 0.3 is 5.91 Å². The molecule has 2 heterocycles. The zero-order chi connectivity index (χ0) is 32.5. The zero-order valence-electron chi connectivity index (χ0n) is 25.9. The number of benzene rings is 3. The Hall–Kier alpha value is -6.01. The minimum absolute atomic E-state index is 0.107. The van der Waals surface area contributed by atoms with Gasteiger partial charge in [-0.05, 0) is 92.6 Å². The largest absolute Gasteiger partial charge is 0.493 e. The van der Waals surface area contributed by atoms with Crippen LogP contribution in [-0.2, 0) is 19.6 Å². The Morgan fingerprint density at radius 3 is 2.46 bits per heavy atom. The Bertz CT molecular complexity index is 1890. The van der Waals surface area contributed by atoms with E-state index in [1.54, 1.807) is 37.5 Å². The summed E-state index contributed by atoms with van der Waals surface area (Å²) < 4.78 is 25.4. The number of carbonyl (C=O) groups is 1. The molecule has 1 amide bonds. The first-order chi connectivity index (χ1) is 22.4. The topological polar surface area (TPSA) is 111 Å². The van der Waals surface area contributed by atoms with Gasteiger partial charge in [-0.25, -0.2) is 5.43 Å². The lowest BCUT2D eigenvalue weighted by Gasteiger charge is -2.16. The molecule has 232 valence electrons. The lowest BCUT2D eigenvalue weighted by Crippen LogP contribution is -2.16. The summed E-state index contributed by atoms with van der Waals surface area (Å²) in [6.07, 6.45) is 3.77. The van der Waals surface area contributed by atoms with Crippen LogP contribution >= 0.6 is 0 Å². The zero-order valence-corrected chi connectivity index (χ0v) is 25.9. The number of nitrogens with one attached hydrogen (secondary N) is 1. The van der Waals surface area contributed by atoms with Gasteiger partial charge in [-0.2, -0.15) is 10.4 Å². The maximum Gasteiger partial charge on any atom is 0.307 e. The number of nitrogens with zero attached hydrogens (tertiary/aromatic N) is 3. The quantitative estimate of drug-likeness (QED) is 0.0852. The summed E-state index contributed by atoms with van der Waals surface area (Å²) in [6.45, 7) is 8.35. The Morgan fingerprint density at radius 1 is 0.978 bits per heavy atom. The Labute approximate surface area is 268 Å². The summed E-state index contributed by atoms with van der Waals surface area (Å²) in [5, 5.41) is 13.5. The van der Waals surface area contributed by atoms with E-state index in [9.17, 15) is 10.1 Å². The van der Waals surface area contributed by atoms with Gasteiger partial charge in [-0.15, -0.1) is 6.58 Å². The first-order valence-corrected chi connectivity index (χ1v) is 14.6. The van der Waals surface area contributed by atoms with Crippen molar-refractivity contribution < 1.29 is 23.4 Å². The van der Waals surface area contributed by atoms with Crippen LogP contribution in [0.5, 0.6) is 17.2 Å². The molecule has 0 fully saturated rings. The van der Waals surface area contributed by atoms with E-state index >= 15 is 0 Å². The summed E-state index contributed by atoms with van der Waals surface area (Å²) in [4.78, 5) is 12.7. The number of furan rings is 1. The van der Waals surface area contributed by atoms with Crippen molar-refractivity contribution in [2.45, 2.75) is 33.5 Å². The third kappa shape index (κ3) is 7.37. The van der Waals surface area contributed by atoms with E-state index in [1.807, 2.05) is 48.5 Å². The second-order valence-corrected chi connectivity index (χ2v) is 10.5. The van der Waals surface area contributed by atoms with Gasteiger partial charge in [0.25, 0.3) is 0 Å². The van der Waals surface area contributed by atoms with E-state index < -0.39 is 5.91 Å². The van der Waals surface area contributed by atoms with E-state index in [0.29, 0.717) is 40.6 Å². The molecule has 9 nitrogen and oxygen atoms in total. The van der Waals surface area contributed by atoms with Crippen LogP contribution in [0.15, 0.2) is 107 Å². The fraction of sp³-hybridized carbons (Fsp3) is 0.162. The number of hydrazone groups is 1. The number of amides is 1. The van der Waals surface area contributed by atoms with Gasteiger partial charge < -0.3 is 23.2 Å². The number of hydrogen-bond donors (Lipinski definition) is 1. The molecular weight excluding hydrogens is 580 g/mol. The van der Waals surface area contributed by atoms with Crippen molar-refractivity contribution in [3.8, 4) is 29.0 Å². The molecule has 46 heavy (non-hydrogen) atoms. The summed E-state index contributed by atoms with van der Waals surface area (Å²) in [5.74, 6) is 1.83. The summed E-state index contributed by atoms with van der Waals surface area (Å²) >= 11 is 0. The van der Waals surface area contributed by atoms with Crippen LogP contribution in [0.3, 0.4) is 0 Å². The van der Waals surface area contributed by atoms with Gasteiger partial charge in [0.1, 0.15) is 24.7 Å². The van der Waals surface area contributed by atoms with Crippen LogP contribution < -0.4 is 19.6 Å². The molecule has 0 unspecified atom stereocenters. The molecule has 0 spiro atoms. The summed E-state index contributed by atoms with van der Waals surface area (Å²) in [5.41, 5.74) is 8.69. The smallest absolute Gasteiger partial charge is 0.307 e. The van der Waals surface area contributed by atoms with E-state index in [1.165, 1.54) is 6.21 Å². The van der Waals surface area contributed by atoms with Crippen molar-refractivity contribution in [2.24, 2.45) is 5.10 Å². The summed E-state index contributed by atoms with van der Waals surface area (Å²) in [6, 6.07) is 28.3. The average molecular weight is 615 g/mol. The molecule has 0 bridgehead atoms. The summed E-state index contributed by atoms with van der Waals surface area (Å²) in [7, 11) is 1.55. The average Bonchev–Trinajstić information content (AvgIpc) is 3.69. The van der Waals surface area contributed by atoms with E-state index in [2.05, 4.69) is 53.7 Å². The molecule has 0 aliphatic carbocycles. The van der Waals surface area contributed by atoms with Gasteiger partial charge in [0.2, 0.25) is 0 Å². The molecule has 0 radical (unpaired) electrons. The van der Waals surface area contributed by atoms with E-state index in [4.69, 9.17) is 18.6 Å². The van der Waals surface area contributed by atoms with Crippen molar-refractivity contribution in [3.63, 3.8) is 0 Å². The number of aryl methyl sites for hydroxylation is 2. The number of methoxy groups -OCH3 is 1. The molecule has 0 aliphatic heterocycles. The minimum Gasteiger partial charge on any atom is -0.493 e. The third-order valence-electron chi connectivity index (χ3n) is 7.26. The number of ether oxygens (including phenoxy) is 3. The molecule has 5 aromatic rings. The fourth-order valence-corrected chi connectivity index (χ4v) is 5.01. The molecule has 3 aromatic carbocycles. The minimum atomic E-state index is -0.501. The van der Waals surface area contributed by atoms with Gasteiger partial charge in [-0.1, -0.05) is 24.3 Å². The van der Waals surface area contributed by atoms with Crippen molar-refractivity contribution in [1.82, 2.24) is 9.99 Å². The van der Waals surface area contributed by atoms with Crippen LogP contribution in [0, 0.1) is 25.2 Å². The van der Waals surface area contributed by atoms with Crippen LogP contribution in [0.25, 0.3) is 5.69 Å². The van der Waals surface area contributed by atoms with Crippen LogP contribution in [0.1, 0.15) is 50.0 Å². The molecule has 0 saturated carbocycles. The van der Waals surface area contributed by atoms with Gasteiger partial charge in [0, 0.05) is 28.2 Å². The number of hydrogen-bond acceptors (Lipinski definition) is 7. The Balaban J connectivity index is 1.19. The molecule has 0 aliphatic rings. The van der Waals surface area contributed by atoms with E-state index in [-0.39, 0.29) is 19.0 Å². The normalized spacial score (nSPS) is 10.8. The number of carbonyl (C=O) groups excluding carboxylic acids is 1. The molecule has 0 atom stereocenters. The maximum atomic E-state index is 12.7. The highest BCUT2D eigenvalue weighted by atomic mass is 16.5. The first kappa shape index (κ1) is 31.4. The molecule has 9 heteroatoms. The van der Waals surface area contributed by atoms with Crippen molar-refractivity contribution >= 4 is 12.1 Å². The SMILES string of the molecule is C=CCc1cc(/C=N/NC(=O)c2ccc(COc3ccc(-n4c(C)ccc4C)cc3)o2)cc(OC)c1OCc1ccccc1C#N. The van der Waals surface area contributed by atoms with Gasteiger partial charge in [-0.3, -0.25) is 4.79 Å². The number of allylic oxidation sites excluding steroid dienone is 1. The number of rotatable bonds is 13. The highest BCUT2D eigenvalue weighted by Gasteiger charge is 2.15. The lowest BCUT2D eigenvalue weighted by molar-refractivity contribution is 0.0923. The Kier molecular flexibility index (Phi) is 10.0. The fourth-order valence-electron chi connectivity index (χ4n) is 5.01. The highest BCUT2D eigenvalue weighted by Crippen LogP contribution is 2.34. The van der Waals surface area contributed by atoms with Gasteiger partial charge in [0.15, 0.2) is 17.3 Å². The molecule has 1 N–H and O–H groups in total. The lowest BCUT2D eigenvalue weighted by atomic mass is 10.1. The molecule has 0 saturated heterocycles. The van der Waals surface area contributed by atoms with Crippen molar-refractivity contribution in [3.05, 3.63) is 143 Å². The molecular formula is C37H34N4O5. The molecule has 5 rings (SSSR count). The standard InChI is InChI=1S/C37H34N4O5/c1-5-8-28-19-27(20-35(43-4)36(28)45-23-30-10-7-6-9-29(30)21-38)22-39-40-37(42)34-18-17-33(46-34)24-44-32-15-13-31(14-16-32)41-25(2)11-12-26(41)3/h5-7,9-20,22H,1,8,23-24H2,2-4H3,(H,40,42)/b39-22+. The molecule has 2 aromatic heterocycles. The van der Waals surface area contributed by atoms with Crippen molar-refractivity contribution in [2.75, 3.05) is 7.11 Å². The van der Waals surface area contributed by atoms with Crippen LogP contribution in [0.2, 0.25) is 0 Å². The first-order valence-electron chi connectivity index (χ1n) is 14.6. The predicted octanol–water partition coefficient (Wildman–Crippen LogP) is 7.22. The van der Waals surface area contributed by atoms with Crippen LogP contribution in [-0.4, -0.2) is 23.8 Å². The number of nitriles is 1. The Morgan fingerprint density at radius 2 is 1.74 bits per heavy atom. The maximum absolute atomic E-state index is 12.7. The van der Waals surface area contributed by atoms with Gasteiger partial charge in [0.05, 0.1) is 25.0 Å². The van der Waals surface area contributed by atoms with E-state index in [0.717, 1.165) is 28.2 Å². The second-order valence-electron chi connectivity index (χ2n) is 10.5. The van der Waals surface area contributed by atoms with Crippen molar-refractivity contribution in [1.29, 1.82) is 5.26 Å². The second kappa shape index (κ2) is 14.6.